The van der Waals surface area contributed by atoms with Crippen molar-refractivity contribution in [2.75, 3.05) is 18.7 Å². The van der Waals surface area contributed by atoms with Crippen LogP contribution in [-0.4, -0.2) is 29.6 Å². The van der Waals surface area contributed by atoms with Crippen LogP contribution >= 0.6 is 11.8 Å². The van der Waals surface area contributed by atoms with E-state index in [9.17, 15) is 0 Å². The minimum atomic E-state index is 0.523. The first kappa shape index (κ1) is 13.6. The molecule has 1 fully saturated rings. The molecule has 0 spiro atoms. The molecule has 106 valence electrons. The molecule has 0 amide bonds. The van der Waals surface area contributed by atoms with Crippen molar-refractivity contribution in [3.63, 3.8) is 0 Å². The first-order valence-corrected chi connectivity index (χ1v) is 8.32. The minimum absolute atomic E-state index is 0.523. The topological polar surface area (TPSA) is 34.1 Å². The Bertz CT molecular complexity index is 602. The SMILES string of the molecule is COc1ccc2ccnc(NC3CCCC3SC)c2c1. The van der Waals surface area contributed by atoms with Crippen LogP contribution in [0.25, 0.3) is 10.8 Å². The van der Waals surface area contributed by atoms with Gasteiger partial charge < -0.3 is 10.1 Å². The van der Waals surface area contributed by atoms with Crippen molar-refractivity contribution in [3.05, 3.63) is 30.5 Å². The molecular formula is C16H20N2OS. The normalized spacial score (nSPS) is 22.1. The third kappa shape index (κ3) is 2.57. The van der Waals surface area contributed by atoms with E-state index in [0.717, 1.165) is 17.0 Å². The quantitative estimate of drug-likeness (QED) is 0.924. The molecule has 0 aliphatic heterocycles. The zero-order chi connectivity index (χ0) is 13.9. The number of rotatable bonds is 4. The van der Waals surface area contributed by atoms with Gasteiger partial charge in [-0.2, -0.15) is 11.8 Å². The van der Waals surface area contributed by atoms with E-state index in [2.05, 4.69) is 28.7 Å². The molecule has 2 aromatic rings. The lowest BCUT2D eigenvalue weighted by Gasteiger charge is -2.20. The van der Waals surface area contributed by atoms with Gasteiger partial charge in [0, 0.05) is 22.9 Å². The zero-order valence-corrected chi connectivity index (χ0v) is 12.7. The second kappa shape index (κ2) is 5.92. The predicted octanol–water partition coefficient (Wildman–Crippen LogP) is 3.94. The smallest absolute Gasteiger partial charge is 0.134 e. The number of nitrogens with one attached hydrogen (secondary N) is 1. The Morgan fingerprint density at radius 1 is 1.30 bits per heavy atom. The maximum absolute atomic E-state index is 5.33. The van der Waals surface area contributed by atoms with Crippen LogP contribution in [0.3, 0.4) is 0 Å². The van der Waals surface area contributed by atoms with Crippen LogP contribution in [-0.2, 0) is 0 Å². The Hall–Kier alpha value is -1.42. The maximum atomic E-state index is 5.33. The third-order valence-corrected chi connectivity index (χ3v) is 5.22. The van der Waals surface area contributed by atoms with Gasteiger partial charge in [0.1, 0.15) is 11.6 Å². The van der Waals surface area contributed by atoms with Gasteiger partial charge in [-0.05, 0) is 42.7 Å². The van der Waals surface area contributed by atoms with Crippen LogP contribution in [0.1, 0.15) is 19.3 Å². The summed E-state index contributed by atoms with van der Waals surface area (Å²) in [6, 6.07) is 8.71. The van der Waals surface area contributed by atoms with Gasteiger partial charge in [-0.15, -0.1) is 0 Å². The largest absolute Gasteiger partial charge is 0.497 e. The fourth-order valence-electron chi connectivity index (χ4n) is 2.94. The summed E-state index contributed by atoms with van der Waals surface area (Å²) in [5, 5.41) is 6.67. The molecule has 3 rings (SSSR count). The van der Waals surface area contributed by atoms with E-state index in [0.29, 0.717) is 11.3 Å². The number of ether oxygens (including phenoxy) is 1. The molecule has 1 aliphatic rings. The summed E-state index contributed by atoms with van der Waals surface area (Å²) < 4.78 is 5.33. The number of hydrogen-bond acceptors (Lipinski definition) is 4. The van der Waals surface area contributed by atoms with E-state index in [1.165, 1.54) is 24.6 Å². The molecule has 1 N–H and O–H groups in total. The number of nitrogens with zero attached hydrogens (tertiary/aromatic N) is 1. The molecule has 20 heavy (non-hydrogen) atoms. The number of methoxy groups -OCH3 is 1. The maximum Gasteiger partial charge on any atom is 0.134 e. The Kier molecular flexibility index (Phi) is 4.01. The molecular weight excluding hydrogens is 268 g/mol. The summed E-state index contributed by atoms with van der Waals surface area (Å²) in [7, 11) is 1.70. The van der Waals surface area contributed by atoms with Crippen molar-refractivity contribution in [1.29, 1.82) is 0 Å². The third-order valence-electron chi connectivity index (χ3n) is 4.05. The summed E-state index contributed by atoms with van der Waals surface area (Å²) in [6.07, 6.45) is 7.90. The van der Waals surface area contributed by atoms with Gasteiger partial charge in [-0.25, -0.2) is 4.98 Å². The van der Waals surface area contributed by atoms with E-state index in [4.69, 9.17) is 4.74 Å². The van der Waals surface area contributed by atoms with Crippen molar-refractivity contribution in [1.82, 2.24) is 4.98 Å². The number of benzene rings is 1. The van der Waals surface area contributed by atoms with Gasteiger partial charge in [0.2, 0.25) is 0 Å². The number of anilines is 1. The van der Waals surface area contributed by atoms with Crippen LogP contribution in [0.2, 0.25) is 0 Å². The fraction of sp³-hybridized carbons (Fsp3) is 0.438. The molecule has 1 heterocycles. The van der Waals surface area contributed by atoms with E-state index in [-0.39, 0.29) is 0 Å². The number of pyridine rings is 1. The van der Waals surface area contributed by atoms with Crippen LogP contribution in [0.5, 0.6) is 5.75 Å². The molecule has 1 aliphatic carbocycles. The van der Waals surface area contributed by atoms with E-state index >= 15 is 0 Å². The van der Waals surface area contributed by atoms with Crippen LogP contribution in [0.4, 0.5) is 5.82 Å². The molecule has 0 bridgehead atoms. The van der Waals surface area contributed by atoms with Gasteiger partial charge in [0.15, 0.2) is 0 Å². The standard InChI is InChI=1S/C16H20N2OS/c1-19-12-7-6-11-8-9-17-16(13(11)10-12)18-14-4-3-5-15(14)20-2/h6-10,14-15H,3-5H2,1-2H3,(H,17,18). The molecule has 2 atom stereocenters. The number of fused-ring (bicyclic) bond motifs is 1. The predicted molar refractivity (Wildman–Crippen MR) is 86.9 cm³/mol. The van der Waals surface area contributed by atoms with E-state index in [1.807, 2.05) is 30.1 Å². The molecule has 1 aromatic heterocycles. The molecule has 0 radical (unpaired) electrons. The van der Waals surface area contributed by atoms with Gasteiger partial charge >= 0.3 is 0 Å². The highest BCUT2D eigenvalue weighted by molar-refractivity contribution is 7.99. The average Bonchev–Trinajstić information content (AvgIpc) is 2.94. The first-order valence-electron chi connectivity index (χ1n) is 7.04. The van der Waals surface area contributed by atoms with Crippen molar-refractivity contribution < 1.29 is 4.74 Å². The lowest BCUT2D eigenvalue weighted by molar-refractivity contribution is 0.415. The Morgan fingerprint density at radius 3 is 3.00 bits per heavy atom. The van der Waals surface area contributed by atoms with Crippen molar-refractivity contribution in [3.8, 4) is 5.75 Å². The molecule has 1 saturated carbocycles. The number of aromatic nitrogens is 1. The lowest BCUT2D eigenvalue weighted by Crippen LogP contribution is -2.26. The van der Waals surface area contributed by atoms with Crippen molar-refractivity contribution >= 4 is 28.4 Å². The minimum Gasteiger partial charge on any atom is -0.497 e. The summed E-state index contributed by atoms with van der Waals surface area (Å²) >= 11 is 1.96. The second-order valence-corrected chi connectivity index (χ2v) is 6.28. The van der Waals surface area contributed by atoms with Crippen LogP contribution < -0.4 is 10.1 Å². The van der Waals surface area contributed by atoms with Crippen molar-refractivity contribution in [2.24, 2.45) is 0 Å². The number of thioether (sulfide) groups is 1. The summed E-state index contributed by atoms with van der Waals surface area (Å²) in [6.45, 7) is 0. The molecule has 3 nitrogen and oxygen atoms in total. The van der Waals surface area contributed by atoms with Crippen LogP contribution in [0.15, 0.2) is 30.5 Å². The first-order chi connectivity index (χ1) is 9.81. The van der Waals surface area contributed by atoms with Crippen LogP contribution in [0, 0.1) is 0 Å². The molecule has 1 aromatic carbocycles. The molecule has 0 saturated heterocycles. The monoisotopic (exact) mass is 288 g/mol. The highest BCUT2D eigenvalue weighted by Gasteiger charge is 2.26. The fourth-order valence-corrected chi connectivity index (χ4v) is 3.87. The van der Waals surface area contributed by atoms with Gasteiger partial charge in [-0.3, -0.25) is 0 Å². The lowest BCUT2D eigenvalue weighted by atomic mass is 10.1. The Morgan fingerprint density at radius 2 is 2.20 bits per heavy atom. The van der Waals surface area contributed by atoms with E-state index < -0.39 is 0 Å². The Labute approximate surface area is 124 Å². The number of hydrogen-bond donors (Lipinski definition) is 1. The van der Waals surface area contributed by atoms with Gasteiger partial charge in [0.05, 0.1) is 7.11 Å². The summed E-state index contributed by atoms with van der Waals surface area (Å²) in [5.74, 6) is 1.86. The Balaban J connectivity index is 1.94. The highest BCUT2D eigenvalue weighted by Crippen LogP contribution is 2.33. The zero-order valence-electron chi connectivity index (χ0n) is 11.9. The van der Waals surface area contributed by atoms with E-state index in [1.54, 1.807) is 7.11 Å². The average molecular weight is 288 g/mol. The van der Waals surface area contributed by atoms with Gasteiger partial charge in [-0.1, -0.05) is 12.5 Å². The second-order valence-electron chi connectivity index (χ2n) is 5.20. The highest BCUT2D eigenvalue weighted by atomic mass is 32.2. The summed E-state index contributed by atoms with van der Waals surface area (Å²) in [4.78, 5) is 4.54. The molecule has 4 heteroatoms. The molecule has 2 unspecified atom stereocenters. The van der Waals surface area contributed by atoms with Gasteiger partial charge in [0.25, 0.3) is 0 Å². The summed E-state index contributed by atoms with van der Waals surface area (Å²) in [5.41, 5.74) is 0. The van der Waals surface area contributed by atoms with Crippen molar-refractivity contribution in [2.45, 2.75) is 30.6 Å².